The Labute approximate surface area is 224 Å². The van der Waals surface area contributed by atoms with Gasteiger partial charge < -0.3 is 25.6 Å². The molecule has 2 fully saturated rings. The number of aliphatic hydroxyl groups excluding tert-OH is 2. The first-order valence-electron chi connectivity index (χ1n) is 13.6. The second-order valence-electron chi connectivity index (χ2n) is 12.6. The Hall–Kier alpha value is -1.59. The summed E-state index contributed by atoms with van der Waals surface area (Å²) in [5, 5.41) is 28.0. The van der Waals surface area contributed by atoms with Gasteiger partial charge in [0.2, 0.25) is 11.8 Å². The van der Waals surface area contributed by atoms with Gasteiger partial charge in [-0.1, -0.05) is 34.6 Å². The average Bonchev–Trinajstić information content (AvgIpc) is 3.25. The highest BCUT2D eigenvalue weighted by atomic mass is 32.1. The lowest BCUT2D eigenvalue weighted by atomic mass is 9.47. The first-order chi connectivity index (χ1) is 17.4. The third kappa shape index (κ3) is 5.73. The zero-order valence-electron chi connectivity index (χ0n) is 22.9. The van der Waals surface area contributed by atoms with Crippen molar-refractivity contribution in [3.63, 3.8) is 0 Å². The van der Waals surface area contributed by atoms with E-state index in [1.807, 2.05) is 27.7 Å². The van der Waals surface area contributed by atoms with Crippen LogP contribution in [-0.2, 0) is 20.7 Å². The van der Waals surface area contributed by atoms with Crippen molar-refractivity contribution in [3.05, 3.63) is 10.6 Å². The van der Waals surface area contributed by atoms with Crippen LogP contribution in [-0.4, -0.2) is 84.0 Å². The van der Waals surface area contributed by atoms with Gasteiger partial charge >= 0.3 is 0 Å². The predicted octanol–water partition coefficient (Wildman–Crippen LogP) is 2.38. The minimum atomic E-state index is -0.672. The third-order valence-corrected chi connectivity index (χ3v) is 10.0. The highest BCUT2D eigenvalue weighted by molar-refractivity contribution is 7.15. The number of aliphatic hydroxyl groups is 2. The van der Waals surface area contributed by atoms with Crippen LogP contribution in [0.4, 0.5) is 5.13 Å². The molecule has 2 aliphatic carbocycles. The van der Waals surface area contributed by atoms with E-state index in [1.165, 1.54) is 11.3 Å². The van der Waals surface area contributed by atoms with Crippen LogP contribution >= 0.6 is 11.3 Å². The Balaban J connectivity index is 1.58. The largest absolute Gasteiger partial charge is 0.396 e. The van der Waals surface area contributed by atoms with Crippen LogP contribution < -0.4 is 10.6 Å². The molecule has 3 aliphatic rings. The molecule has 1 aliphatic heterocycles. The monoisotopic (exact) mass is 536 g/mol. The molecule has 0 spiro atoms. The van der Waals surface area contributed by atoms with Gasteiger partial charge in [0.15, 0.2) is 5.13 Å². The van der Waals surface area contributed by atoms with E-state index in [0.29, 0.717) is 24.5 Å². The number of ether oxygens (including phenoxy) is 1. The number of nitrogens with zero attached hydrogens (tertiary/aromatic N) is 2. The molecule has 4 rings (SSSR count). The van der Waals surface area contributed by atoms with Crippen molar-refractivity contribution in [2.24, 2.45) is 22.2 Å². The molecule has 1 aromatic rings. The molecule has 1 aromatic heterocycles. The number of fused-ring (bicyclic) bond motifs is 2. The molecule has 0 aromatic carbocycles. The maximum atomic E-state index is 13.2. The van der Waals surface area contributed by atoms with Crippen LogP contribution in [0.15, 0.2) is 0 Å². The molecule has 4 N–H and O–H groups in total. The lowest BCUT2D eigenvalue weighted by Crippen LogP contribution is -2.57. The van der Waals surface area contributed by atoms with Crippen LogP contribution in [0.2, 0.25) is 0 Å². The summed E-state index contributed by atoms with van der Waals surface area (Å²) < 4.78 is 5.40. The standard InChI is InChI=1S/C27H44N4O5S/c1-25(2,3)23(35)30-24-29-22-17(14-21(34)28-8-9-31-10-12-36-13-11-31)26(4)7-6-20(33)27(5,16-32)19(26)15-18(22)37-24/h17,19-20,32-33H,6-16H2,1-5H3,(H,28,34)(H,29,30,35). The first kappa shape index (κ1) is 28.4. The van der Waals surface area contributed by atoms with Crippen LogP contribution in [0.1, 0.15) is 70.4 Å². The number of rotatable bonds is 7. The summed E-state index contributed by atoms with van der Waals surface area (Å²) in [5.74, 6) is -0.301. The molecule has 0 bridgehead atoms. The fourth-order valence-corrected chi connectivity index (χ4v) is 7.48. The van der Waals surface area contributed by atoms with E-state index < -0.39 is 16.9 Å². The minimum absolute atomic E-state index is 0.0148. The summed E-state index contributed by atoms with van der Waals surface area (Å²) in [5.41, 5.74) is -0.655. The van der Waals surface area contributed by atoms with Crippen LogP contribution in [0.3, 0.4) is 0 Å². The van der Waals surface area contributed by atoms with Gasteiger partial charge in [0, 0.05) is 54.2 Å². The summed E-state index contributed by atoms with van der Waals surface area (Å²) in [4.78, 5) is 34.1. The molecule has 0 radical (unpaired) electrons. The van der Waals surface area contributed by atoms with Gasteiger partial charge in [-0.25, -0.2) is 4.98 Å². The molecule has 9 nitrogen and oxygen atoms in total. The summed E-state index contributed by atoms with van der Waals surface area (Å²) in [6.07, 6.45) is 1.68. The number of anilines is 1. The van der Waals surface area contributed by atoms with Crippen molar-refractivity contribution in [1.82, 2.24) is 15.2 Å². The Kier molecular flexibility index (Phi) is 8.36. The quantitative estimate of drug-likeness (QED) is 0.422. The second-order valence-corrected chi connectivity index (χ2v) is 13.7. The summed E-state index contributed by atoms with van der Waals surface area (Å²) in [6, 6.07) is 0. The van der Waals surface area contributed by atoms with Gasteiger partial charge in [-0.3, -0.25) is 14.5 Å². The van der Waals surface area contributed by atoms with Gasteiger partial charge in [0.25, 0.3) is 0 Å². The van der Waals surface area contributed by atoms with E-state index in [1.54, 1.807) is 0 Å². The fraction of sp³-hybridized carbons (Fsp3) is 0.815. The molecular weight excluding hydrogens is 492 g/mol. The van der Waals surface area contributed by atoms with Crippen molar-refractivity contribution in [1.29, 1.82) is 0 Å². The summed E-state index contributed by atoms with van der Waals surface area (Å²) in [7, 11) is 0. The maximum absolute atomic E-state index is 13.2. The van der Waals surface area contributed by atoms with Crippen molar-refractivity contribution in [2.75, 3.05) is 51.3 Å². The number of carbonyl (C=O) groups is 2. The van der Waals surface area contributed by atoms with E-state index in [2.05, 4.69) is 22.5 Å². The third-order valence-electron chi connectivity index (χ3n) is 9.04. The Morgan fingerprint density at radius 1 is 1.24 bits per heavy atom. The molecule has 37 heavy (non-hydrogen) atoms. The molecule has 208 valence electrons. The lowest BCUT2D eigenvalue weighted by Gasteiger charge is -2.58. The van der Waals surface area contributed by atoms with Crippen molar-refractivity contribution < 1.29 is 24.5 Å². The Bertz CT molecular complexity index is 988. The number of nitrogens with one attached hydrogen (secondary N) is 2. The van der Waals surface area contributed by atoms with Crippen LogP contribution in [0.5, 0.6) is 0 Å². The first-order valence-corrected chi connectivity index (χ1v) is 14.4. The molecular formula is C27H44N4O5S. The molecule has 10 heteroatoms. The number of amides is 2. The van der Waals surface area contributed by atoms with Gasteiger partial charge in [-0.05, 0) is 30.6 Å². The molecule has 5 atom stereocenters. The molecule has 5 unspecified atom stereocenters. The molecule has 1 saturated carbocycles. The zero-order chi connectivity index (χ0) is 27.0. The van der Waals surface area contributed by atoms with Gasteiger partial charge in [0.1, 0.15) is 0 Å². The molecule has 2 heterocycles. The zero-order valence-corrected chi connectivity index (χ0v) is 23.7. The van der Waals surface area contributed by atoms with Crippen LogP contribution in [0.25, 0.3) is 0 Å². The number of hydrogen-bond donors (Lipinski definition) is 4. The molecule has 1 saturated heterocycles. The topological polar surface area (TPSA) is 124 Å². The minimum Gasteiger partial charge on any atom is -0.396 e. The van der Waals surface area contributed by atoms with Crippen molar-refractivity contribution >= 4 is 28.3 Å². The van der Waals surface area contributed by atoms with Gasteiger partial charge in [0.05, 0.1) is 31.6 Å². The van der Waals surface area contributed by atoms with Crippen molar-refractivity contribution in [3.8, 4) is 0 Å². The molecule has 2 amide bonds. The Morgan fingerprint density at radius 2 is 1.95 bits per heavy atom. The highest BCUT2D eigenvalue weighted by Crippen LogP contribution is 2.62. The van der Waals surface area contributed by atoms with Crippen LogP contribution in [0, 0.1) is 22.2 Å². The smallest absolute Gasteiger partial charge is 0.231 e. The predicted molar refractivity (Wildman–Crippen MR) is 144 cm³/mol. The van der Waals surface area contributed by atoms with E-state index in [-0.39, 0.29) is 42.1 Å². The Morgan fingerprint density at radius 3 is 2.59 bits per heavy atom. The van der Waals surface area contributed by atoms with E-state index >= 15 is 0 Å². The maximum Gasteiger partial charge on any atom is 0.231 e. The highest BCUT2D eigenvalue weighted by Gasteiger charge is 2.59. The number of morpholine rings is 1. The second kappa shape index (κ2) is 10.9. The average molecular weight is 537 g/mol. The number of carbonyl (C=O) groups excluding carboxylic acids is 2. The lowest BCUT2D eigenvalue weighted by molar-refractivity contribution is -0.144. The fourth-order valence-electron chi connectivity index (χ4n) is 6.42. The van der Waals surface area contributed by atoms with Gasteiger partial charge in [-0.2, -0.15) is 0 Å². The van der Waals surface area contributed by atoms with E-state index in [0.717, 1.165) is 49.8 Å². The summed E-state index contributed by atoms with van der Waals surface area (Å²) >= 11 is 1.46. The number of hydrogen-bond acceptors (Lipinski definition) is 8. The van der Waals surface area contributed by atoms with E-state index in [4.69, 9.17) is 9.72 Å². The number of aromatic nitrogens is 1. The normalized spacial score (nSPS) is 32.4. The van der Waals surface area contributed by atoms with Crippen molar-refractivity contribution in [2.45, 2.75) is 72.3 Å². The van der Waals surface area contributed by atoms with E-state index in [9.17, 15) is 19.8 Å². The SMILES string of the molecule is CC(C)(C)C(=O)Nc1nc2c(s1)CC1C(C)(CO)C(O)CCC1(C)C2CC(=O)NCCN1CCOCC1. The summed E-state index contributed by atoms with van der Waals surface area (Å²) in [6.45, 7) is 14.2. The van der Waals surface area contributed by atoms with Gasteiger partial charge in [-0.15, -0.1) is 11.3 Å². The number of thiazole rings is 1.